The lowest BCUT2D eigenvalue weighted by Gasteiger charge is -2.33. The van der Waals surface area contributed by atoms with Crippen LogP contribution in [0.1, 0.15) is 77.6 Å². The largest absolute Gasteiger partial charge is 1.00 e. The van der Waals surface area contributed by atoms with Crippen LogP contribution in [0.2, 0.25) is 0 Å². The maximum absolute atomic E-state index is 3.60. The van der Waals surface area contributed by atoms with Crippen LogP contribution in [0.25, 0.3) is 0 Å². The van der Waals surface area contributed by atoms with Crippen molar-refractivity contribution in [2.24, 2.45) is 0 Å². The Morgan fingerprint density at radius 2 is 0.955 bits per heavy atom. The molecule has 0 bridgehead atoms. The Bertz CT molecular complexity index is 209. The van der Waals surface area contributed by atoms with Gasteiger partial charge in [-0.3, -0.25) is 0 Å². The summed E-state index contributed by atoms with van der Waals surface area (Å²) in [5.41, 5.74) is 0. The van der Waals surface area contributed by atoms with Crippen molar-refractivity contribution in [1.29, 1.82) is 0 Å². The van der Waals surface area contributed by atoms with Gasteiger partial charge in [0.05, 0.1) is 37.3 Å². The molecule has 0 atom stereocenters. The van der Waals surface area contributed by atoms with E-state index in [0.717, 1.165) is 10.7 Å². The van der Waals surface area contributed by atoms with Crippen molar-refractivity contribution >= 4 is 31.9 Å². The Hall–Kier alpha value is 1.21. The summed E-state index contributed by atoms with van der Waals surface area (Å²) in [6.45, 7) is 6.14. The van der Waals surface area contributed by atoms with Crippen LogP contribution < -0.4 is 12.4 Å². The van der Waals surface area contributed by atoms with Crippen molar-refractivity contribution in [3.05, 3.63) is 0 Å². The van der Waals surface area contributed by atoms with Gasteiger partial charge in [0, 0.05) is 0 Å². The molecule has 0 rings (SSSR count). The highest BCUT2D eigenvalue weighted by Crippen LogP contribution is 2.13. The minimum Gasteiger partial charge on any atom is -1.00 e. The van der Waals surface area contributed by atoms with E-state index in [2.05, 4.69) is 45.8 Å². The van der Waals surface area contributed by atoms with E-state index in [1.54, 1.807) is 0 Å². The van der Waals surface area contributed by atoms with E-state index in [-0.39, 0.29) is 12.4 Å². The van der Waals surface area contributed by atoms with Crippen molar-refractivity contribution in [2.75, 3.05) is 37.3 Å². The lowest BCUT2D eigenvalue weighted by molar-refractivity contribution is -0.904. The zero-order valence-corrected chi connectivity index (χ0v) is 18.8. The Kier molecular flexibility index (Phi) is 21.5. The number of quaternary nitrogens is 1. The molecule has 0 saturated heterocycles. The van der Waals surface area contributed by atoms with Crippen LogP contribution in [-0.2, 0) is 0 Å². The average molecular weight is 464 g/mol. The molecule has 0 aliphatic heterocycles. The van der Waals surface area contributed by atoms with Crippen LogP contribution in [0.5, 0.6) is 0 Å². The molecule has 4 heteroatoms. The molecular weight excluding hydrogens is 425 g/mol. The Morgan fingerprint density at radius 3 is 1.32 bits per heavy atom. The second-order valence-corrected chi connectivity index (χ2v) is 8.29. The first-order valence-corrected chi connectivity index (χ1v) is 11.4. The summed E-state index contributed by atoms with van der Waals surface area (Å²) in [6.07, 6.45) is 15.8. The summed E-state index contributed by atoms with van der Waals surface area (Å²) in [5.74, 6) is 0. The summed E-state index contributed by atoms with van der Waals surface area (Å²) in [5, 5.41) is 2.24. The maximum atomic E-state index is 3.60. The van der Waals surface area contributed by atoms with Crippen molar-refractivity contribution in [2.45, 2.75) is 77.6 Å². The summed E-state index contributed by atoms with van der Waals surface area (Å²) in [7, 11) is 2.40. The molecule has 0 amide bonds. The third kappa shape index (κ3) is 16.1. The zero-order chi connectivity index (χ0) is 15.8. The Labute approximate surface area is 163 Å². The quantitative estimate of drug-likeness (QED) is 0.187. The predicted octanol–water partition coefficient (Wildman–Crippen LogP) is 3.54. The minimum absolute atomic E-state index is 0. The Balaban J connectivity index is 0. The highest BCUT2D eigenvalue weighted by molar-refractivity contribution is 9.09. The van der Waals surface area contributed by atoms with E-state index in [9.17, 15) is 0 Å². The van der Waals surface area contributed by atoms with Gasteiger partial charge in [-0.05, 0) is 12.8 Å². The van der Waals surface area contributed by atoms with Crippen LogP contribution >= 0.6 is 31.9 Å². The van der Waals surface area contributed by atoms with Gasteiger partial charge in [-0.1, -0.05) is 96.6 Å². The summed E-state index contributed by atoms with van der Waals surface area (Å²) in [6, 6.07) is 0. The summed E-state index contributed by atoms with van der Waals surface area (Å²) in [4.78, 5) is 0. The van der Waals surface area contributed by atoms with Gasteiger partial charge in [0.25, 0.3) is 0 Å². The van der Waals surface area contributed by atoms with Crippen molar-refractivity contribution < 1.29 is 16.9 Å². The van der Waals surface area contributed by atoms with Gasteiger partial charge < -0.3 is 16.9 Å². The van der Waals surface area contributed by atoms with Crippen LogP contribution in [0.3, 0.4) is 0 Å². The van der Waals surface area contributed by atoms with Crippen molar-refractivity contribution in [3.8, 4) is 0 Å². The first-order chi connectivity index (χ1) is 10.2. The van der Waals surface area contributed by atoms with Gasteiger partial charge in [0.15, 0.2) is 0 Å². The number of halogens is 3. The second kappa shape index (κ2) is 18.5. The molecular formula is C18H38Br2ClN. The fourth-order valence-corrected chi connectivity index (χ4v) is 4.61. The van der Waals surface area contributed by atoms with Gasteiger partial charge in [-0.2, -0.15) is 0 Å². The fourth-order valence-electron chi connectivity index (χ4n) is 2.90. The molecule has 22 heavy (non-hydrogen) atoms. The molecule has 0 fully saturated rings. The van der Waals surface area contributed by atoms with E-state index in [1.165, 1.54) is 94.7 Å². The predicted molar refractivity (Wildman–Crippen MR) is 105 cm³/mol. The third-order valence-corrected chi connectivity index (χ3v) is 5.26. The number of hydrogen-bond acceptors (Lipinski definition) is 0. The SMILES string of the molecule is CCCCCCCCCCCCC[N+](C)(CCBr)CCBr.[Cl-]. The van der Waals surface area contributed by atoms with Gasteiger partial charge in [0.2, 0.25) is 0 Å². The number of nitrogens with zero attached hydrogens (tertiary/aromatic N) is 1. The molecule has 0 unspecified atom stereocenters. The van der Waals surface area contributed by atoms with Gasteiger partial charge in [-0.25, -0.2) is 0 Å². The smallest absolute Gasteiger partial charge is 0.0883 e. The second-order valence-electron chi connectivity index (χ2n) is 6.70. The molecule has 136 valence electrons. The first-order valence-electron chi connectivity index (χ1n) is 9.14. The molecule has 0 aliphatic carbocycles. The molecule has 0 spiro atoms. The van der Waals surface area contributed by atoms with Gasteiger partial charge in [0.1, 0.15) is 0 Å². The van der Waals surface area contributed by atoms with Crippen LogP contribution in [-0.4, -0.2) is 41.8 Å². The Morgan fingerprint density at radius 1 is 0.591 bits per heavy atom. The maximum Gasteiger partial charge on any atom is 0.0883 e. The molecule has 0 N–H and O–H groups in total. The molecule has 0 saturated carbocycles. The van der Waals surface area contributed by atoms with E-state index in [4.69, 9.17) is 0 Å². The zero-order valence-electron chi connectivity index (χ0n) is 14.9. The van der Waals surface area contributed by atoms with Crippen LogP contribution in [0.15, 0.2) is 0 Å². The van der Waals surface area contributed by atoms with Gasteiger partial charge in [-0.15, -0.1) is 0 Å². The average Bonchev–Trinajstić information content (AvgIpc) is 2.45. The molecule has 0 aromatic heterocycles. The first kappa shape index (κ1) is 25.5. The lowest BCUT2D eigenvalue weighted by atomic mass is 10.1. The highest BCUT2D eigenvalue weighted by Gasteiger charge is 2.18. The number of rotatable bonds is 16. The molecule has 0 aromatic rings. The molecule has 0 heterocycles. The van der Waals surface area contributed by atoms with E-state index in [0.29, 0.717) is 0 Å². The number of hydrogen-bond donors (Lipinski definition) is 0. The fraction of sp³-hybridized carbons (Fsp3) is 1.00. The van der Waals surface area contributed by atoms with Crippen LogP contribution in [0.4, 0.5) is 0 Å². The molecule has 0 aliphatic rings. The molecule has 0 radical (unpaired) electrons. The minimum atomic E-state index is 0. The van der Waals surface area contributed by atoms with E-state index in [1.807, 2.05) is 0 Å². The summed E-state index contributed by atoms with van der Waals surface area (Å²) < 4.78 is 1.22. The standard InChI is InChI=1S/C18H38Br2N.ClH/c1-3-4-5-6-7-8-9-10-11-12-13-16-21(2,17-14-19)18-15-20;/h3-18H2,1-2H3;1H/q+1;/p-1. The molecule has 0 aromatic carbocycles. The normalized spacial score (nSPS) is 11.5. The number of unbranched alkanes of at least 4 members (excludes halogenated alkanes) is 10. The van der Waals surface area contributed by atoms with E-state index < -0.39 is 0 Å². The van der Waals surface area contributed by atoms with E-state index >= 15 is 0 Å². The monoisotopic (exact) mass is 461 g/mol. The topological polar surface area (TPSA) is 0 Å². The summed E-state index contributed by atoms with van der Waals surface area (Å²) >= 11 is 7.20. The third-order valence-electron chi connectivity index (χ3n) is 4.55. The van der Waals surface area contributed by atoms with Crippen molar-refractivity contribution in [3.63, 3.8) is 0 Å². The van der Waals surface area contributed by atoms with Gasteiger partial charge >= 0.3 is 0 Å². The van der Waals surface area contributed by atoms with Crippen molar-refractivity contribution in [1.82, 2.24) is 0 Å². The molecule has 1 nitrogen and oxygen atoms in total. The highest BCUT2D eigenvalue weighted by atomic mass is 79.9. The lowest BCUT2D eigenvalue weighted by Crippen LogP contribution is -3.00. The van der Waals surface area contributed by atoms with Crippen LogP contribution in [0, 0.1) is 0 Å². The number of alkyl halides is 2.